The summed E-state index contributed by atoms with van der Waals surface area (Å²) >= 11 is 0. The number of aryl methyl sites for hydroxylation is 1. The average Bonchev–Trinajstić information content (AvgIpc) is 3.28. The number of carbonyl (C=O) groups excluding carboxylic acids is 4. The molecule has 0 bridgehead atoms. The lowest BCUT2D eigenvalue weighted by Crippen LogP contribution is -2.66. The van der Waals surface area contributed by atoms with Crippen LogP contribution >= 0.6 is 0 Å². The van der Waals surface area contributed by atoms with Crippen molar-refractivity contribution in [3.05, 3.63) is 96.1 Å². The molecule has 2 saturated heterocycles. The van der Waals surface area contributed by atoms with E-state index in [4.69, 9.17) is 9.47 Å². The van der Waals surface area contributed by atoms with Gasteiger partial charge >= 0.3 is 12.1 Å². The summed E-state index contributed by atoms with van der Waals surface area (Å²) in [7, 11) is 0. The van der Waals surface area contributed by atoms with Gasteiger partial charge in [0.15, 0.2) is 0 Å². The molecule has 63 heavy (non-hydrogen) atoms. The van der Waals surface area contributed by atoms with E-state index in [1.807, 2.05) is 98.8 Å². The Balaban J connectivity index is 1.33. The number of morpholine rings is 2. The molecule has 2 aliphatic heterocycles. The predicted octanol–water partition coefficient (Wildman–Crippen LogP) is 2.94. The third-order valence-electron chi connectivity index (χ3n) is 11.5. The minimum Gasteiger partial charge on any atom is -0.379 e. The molecule has 2 fully saturated rings. The lowest BCUT2D eigenvalue weighted by atomic mass is 9.97. The van der Waals surface area contributed by atoms with Crippen LogP contribution in [-0.2, 0) is 32.0 Å². The second-order valence-electron chi connectivity index (χ2n) is 16.9. The number of ether oxygens (including phenoxy) is 2. The summed E-state index contributed by atoms with van der Waals surface area (Å²) in [6, 6.07) is 25.3. The third-order valence-corrected chi connectivity index (χ3v) is 11.5. The molecule has 16 heteroatoms. The summed E-state index contributed by atoms with van der Waals surface area (Å²) in [5.41, 5.74) is 4.88. The molecular weight excluding hydrogens is 803 g/mol. The van der Waals surface area contributed by atoms with E-state index in [2.05, 4.69) is 41.8 Å². The number of benzene rings is 3. The van der Waals surface area contributed by atoms with Crippen LogP contribution in [0.3, 0.4) is 0 Å². The number of carbonyl (C=O) groups is 4. The lowest BCUT2D eigenvalue weighted by Gasteiger charge is -2.35. The van der Waals surface area contributed by atoms with Crippen molar-refractivity contribution in [3.8, 4) is 11.1 Å². The van der Waals surface area contributed by atoms with Gasteiger partial charge in [-0.05, 0) is 41.0 Å². The topological polar surface area (TPSA) is 189 Å². The SMILES string of the molecule is CC(C)[C@H](NC(=O)NCCN1CCOCC1)C(=O)NN(Cc1ccc(-c2ccccc2)cc1)C[C@H](CCc1ccccc1)NC(=O)[C@@](O)(NC(=O)NCCN1CCOCC1)C(C)C. The first-order valence-electron chi connectivity index (χ1n) is 22.4. The highest BCUT2D eigenvalue weighted by atomic mass is 16.5. The van der Waals surface area contributed by atoms with Crippen molar-refractivity contribution in [2.45, 2.75) is 64.9 Å². The molecule has 0 aliphatic carbocycles. The maximum Gasteiger partial charge on any atom is 0.317 e. The van der Waals surface area contributed by atoms with E-state index in [0.717, 1.165) is 48.4 Å². The van der Waals surface area contributed by atoms with Crippen LogP contribution in [0.15, 0.2) is 84.9 Å². The average molecular weight is 872 g/mol. The fraction of sp³-hybridized carbons (Fsp3) is 0.532. The van der Waals surface area contributed by atoms with Gasteiger partial charge in [0.1, 0.15) is 6.04 Å². The first-order valence-corrected chi connectivity index (χ1v) is 22.4. The Morgan fingerprint density at radius 1 is 0.698 bits per heavy atom. The maximum absolute atomic E-state index is 14.2. The largest absolute Gasteiger partial charge is 0.379 e. The summed E-state index contributed by atoms with van der Waals surface area (Å²) in [5.74, 6) is -2.15. The lowest BCUT2D eigenvalue weighted by molar-refractivity contribution is -0.148. The van der Waals surface area contributed by atoms with Crippen molar-refractivity contribution in [1.82, 2.24) is 46.8 Å². The minimum absolute atomic E-state index is 0.126. The second kappa shape index (κ2) is 25.3. The number of nitrogens with one attached hydrogen (secondary N) is 6. The molecule has 0 saturated carbocycles. The van der Waals surface area contributed by atoms with Crippen LogP contribution in [0.1, 0.15) is 45.2 Å². The first kappa shape index (κ1) is 48.9. The van der Waals surface area contributed by atoms with E-state index in [-0.39, 0.29) is 19.0 Å². The molecule has 344 valence electrons. The van der Waals surface area contributed by atoms with E-state index < -0.39 is 47.6 Å². The van der Waals surface area contributed by atoms with E-state index in [0.29, 0.717) is 65.4 Å². The van der Waals surface area contributed by atoms with Gasteiger partial charge in [0.05, 0.1) is 26.4 Å². The number of aliphatic hydroxyl groups is 1. The summed E-state index contributed by atoms with van der Waals surface area (Å²) < 4.78 is 10.8. The van der Waals surface area contributed by atoms with Crippen molar-refractivity contribution < 1.29 is 33.8 Å². The molecule has 2 heterocycles. The molecule has 5 rings (SSSR count). The molecule has 3 aromatic carbocycles. The van der Waals surface area contributed by atoms with Gasteiger partial charge in [0.25, 0.3) is 11.8 Å². The van der Waals surface area contributed by atoms with Crippen LogP contribution < -0.4 is 32.0 Å². The number of hydrazine groups is 1. The van der Waals surface area contributed by atoms with Gasteiger partial charge < -0.3 is 41.2 Å². The molecular formula is C47H69N9O7. The fourth-order valence-electron chi connectivity index (χ4n) is 7.50. The van der Waals surface area contributed by atoms with E-state index in [9.17, 15) is 24.3 Å². The zero-order chi connectivity index (χ0) is 45.0. The molecule has 0 aromatic heterocycles. The normalized spacial score (nSPS) is 16.8. The second-order valence-corrected chi connectivity index (χ2v) is 16.9. The van der Waals surface area contributed by atoms with Gasteiger partial charge in [-0.1, -0.05) is 113 Å². The van der Waals surface area contributed by atoms with Crippen LogP contribution in [0.5, 0.6) is 0 Å². The molecule has 6 amide bonds. The zero-order valence-corrected chi connectivity index (χ0v) is 37.4. The number of nitrogens with zero attached hydrogens (tertiary/aromatic N) is 3. The number of hydrogen-bond acceptors (Lipinski definition) is 10. The first-order chi connectivity index (χ1) is 30.4. The number of rotatable bonds is 22. The van der Waals surface area contributed by atoms with Crippen molar-refractivity contribution in [1.29, 1.82) is 0 Å². The van der Waals surface area contributed by atoms with E-state index >= 15 is 0 Å². The van der Waals surface area contributed by atoms with Gasteiger partial charge in [-0.3, -0.25) is 24.8 Å². The number of urea groups is 2. The summed E-state index contributed by atoms with van der Waals surface area (Å²) in [4.78, 5) is 59.1. The molecule has 7 N–H and O–H groups in total. The molecule has 16 nitrogen and oxygen atoms in total. The molecule has 0 unspecified atom stereocenters. The van der Waals surface area contributed by atoms with E-state index in [1.165, 1.54) is 0 Å². The van der Waals surface area contributed by atoms with Crippen molar-refractivity contribution >= 4 is 23.9 Å². The highest BCUT2D eigenvalue weighted by Gasteiger charge is 2.42. The Bertz CT molecular complexity index is 1840. The Labute approximate surface area is 372 Å². The maximum atomic E-state index is 14.2. The van der Waals surface area contributed by atoms with Gasteiger partial charge in [0, 0.05) is 77.4 Å². The smallest absolute Gasteiger partial charge is 0.317 e. The Hall–Kier alpha value is -5.10. The van der Waals surface area contributed by atoms with Crippen molar-refractivity contribution in [3.63, 3.8) is 0 Å². The number of hydrogen-bond donors (Lipinski definition) is 7. The van der Waals surface area contributed by atoms with Crippen LogP contribution in [0.4, 0.5) is 9.59 Å². The highest BCUT2D eigenvalue weighted by molar-refractivity contribution is 5.90. The fourth-order valence-corrected chi connectivity index (χ4v) is 7.50. The quantitative estimate of drug-likeness (QED) is 0.0585. The number of amides is 6. The van der Waals surface area contributed by atoms with Crippen molar-refractivity contribution in [2.24, 2.45) is 11.8 Å². The standard InChI is InChI=1S/C47H69N9O7/c1-35(2)42(51-45(59)48-21-23-54-25-29-62-30-26-54)43(57)53-56(33-38-15-18-40(19-16-38)39-13-9-6-10-14-39)34-41(20-17-37-11-7-5-8-12-37)50-44(58)47(61,36(3)4)52-46(60)49-22-24-55-27-31-63-32-28-55/h5-16,18-19,35-36,41-42,61H,17,20-34H2,1-4H3,(H,50,58)(H,53,57)(H2,48,51,59)(H2,49,52,60)/t41-,42-,47+/m0/s1. The third kappa shape index (κ3) is 16.2. The molecule has 0 radical (unpaired) electrons. The molecule has 3 atom stereocenters. The van der Waals surface area contributed by atoms with Gasteiger partial charge in [-0.15, -0.1) is 0 Å². The summed E-state index contributed by atoms with van der Waals surface area (Å²) in [5, 5.41) is 27.7. The molecule has 0 spiro atoms. The van der Waals surface area contributed by atoms with Crippen LogP contribution in [0.2, 0.25) is 0 Å². The van der Waals surface area contributed by atoms with Crippen LogP contribution in [0, 0.1) is 11.8 Å². The summed E-state index contributed by atoms with van der Waals surface area (Å²) in [6.07, 6.45) is 1.02. The highest BCUT2D eigenvalue weighted by Crippen LogP contribution is 2.21. The Morgan fingerprint density at radius 3 is 1.79 bits per heavy atom. The Kier molecular flexibility index (Phi) is 19.6. The van der Waals surface area contributed by atoms with Gasteiger partial charge in [0.2, 0.25) is 5.72 Å². The zero-order valence-electron chi connectivity index (χ0n) is 37.4. The van der Waals surface area contributed by atoms with Gasteiger partial charge in [-0.2, -0.15) is 0 Å². The van der Waals surface area contributed by atoms with Crippen molar-refractivity contribution in [2.75, 3.05) is 85.3 Å². The van der Waals surface area contributed by atoms with Crippen LogP contribution in [-0.4, -0.2) is 147 Å². The monoisotopic (exact) mass is 872 g/mol. The Morgan fingerprint density at radius 2 is 1.24 bits per heavy atom. The van der Waals surface area contributed by atoms with Gasteiger partial charge in [-0.25, -0.2) is 14.6 Å². The molecule has 2 aliphatic rings. The molecule has 3 aromatic rings. The van der Waals surface area contributed by atoms with Crippen LogP contribution in [0.25, 0.3) is 11.1 Å². The summed E-state index contributed by atoms with van der Waals surface area (Å²) in [6.45, 7) is 15.2. The predicted molar refractivity (Wildman–Crippen MR) is 243 cm³/mol. The minimum atomic E-state index is -2.25. The van der Waals surface area contributed by atoms with E-state index in [1.54, 1.807) is 18.9 Å².